The van der Waals surface area contributed by atoms with E-state index in [2.05, 4.69) is 4.72 Å². The molecule has 2 heterocycles. The Morgan fingerprint density at radius 1 is 1.14 bits per heavy atom. The maximum Gasteiger partial charge on any atom is 0.255 e. The molecule has 0 aliphatic carbocycles. The second-order valence-corrected chi connectivity index (χ2v) is 9.20. The van der Waals surface area contributed by atoms with E-state index in [0.717, 1.165) is 18.4 Å². The zero-order valence-electron chi connectivity index (χ0n) is 15.9. The maximum atomic E-state index is 13.3. The van der Waals surface area contributed by atoms with Gasteiger partial charge < -0.3 is 14.4 Å². The van der Waals surface area contributed by atoms with E-state index >= 15 is 0 Å². The number of halogens is 1. The number of nitrogens with zero attached hydrogens (tertiary/aromatic N) is 1. The summed E-state index contributed by atoms with van der Waals surface area (Å²) in [6, 6.07) is 9.72. The molecule has 2 aliphatic heterocycles. The largest absolute Gasteiger partial charge is 0.486 e. The highest BCUT2D eigenvalue weighted by atomic mass is 35.5. The number of hydrogen-bond acceptors (Lipinski definition) is 5. The molecule has 1 unspecified atom stereocenters. The van der Waals surface area contributed by atoms with Gasteiger partial charge in [0.25, 0.3) is 5.91 Å². The van der Waals surface area contributed by atoms with Gasteiger partial charge in [-0.05, 0) is 55.8 Å². The van der Waals surface area contributed by atoms with Crippen LogP contribution >= 0.6 is 11.6 Å². The zero-order chi connectivity index (χ0) is 20.6. The van der Waals surface area contributed by atoms with Gasteiger partial charge in [0.2, 0.25) is 10.0 Å². The Morgan fingerprint density at radius 2 is 1.90 bits per heavy atom. The van der Waals surface area contributed by atoms with E-state index in [4.69, 9.17) is 21.1 Å². The maximum absolute atomic E-state index is 13.3. The summed E-state index contributed by atoms with van der Waals surface area (Å²) in [6.07, 6.45) is 1.65. The first-order valence-electron chi connectivity index (χ1n) is 9.34. The third-order valence-corrected chi connectivity index (χ3v) is 6.95. The highest BCUT2D eigenvalue weighted by molar-refractivity contribution is 7.89. The van der Waals surface area contributed by atoms with Crippen molar-refractivity contribution in [3.63, 3.8) is 0 Å². The van der Waals surface area contributed by atoms with Crippen LogP contribution in [0.2, 0.25) is 5.02 Å². The van der Waals surface area contributed by atoms with E-state index in [9.17, 15) is 13.2 Å². The molecule has 0 aromatic heterocycles. The van der Waals surface area contributed by atoms with E-state index in [1.807, 2.05) is 18.2 Å². The molecule has 1 N–H and O–H groups in total. The van der Waals surface area contributed by atoms with Crippen molar-refractivity contribution >= 4 is 27.5 Å². The molecule has 0 spiro atoms. The molecule has 154 valence electrons. The SMILES string of the molecule is CNS(=O)(=O)c1ccc(Cl)c(C(=O)N2CCCC2c2ccc3c(c2)OCCO3)c1. The van der Waals surface area contributed by atoms with E-state index in [-0.39, 0.29) is 27.4 Å². The number of rotatable bonds is 4. The van der Waals surface area contributed by atoms with Crippen LogP contribution in [0.3, 0.4) is 0 Å². The second kappa shape index (κ2) is 7.85. The predicted molar refractivity (Wildman–Crippen MR) is 108 cm³/mol. The number of amides is 1. The molecule has 29 heavy (non-hydrogen) atoms. The Kier molecular flexibility index (Phi) is 5.42. The summed E-state index contributed by atoms with van der Waals surface area (Å²) >= 11 is 6.25. The van der Waals surface area contributed by atoms with Crippen molar-refractivity contribution in [2.75, 3.05) is 26.8 Å². The number of nitrogens with one attached hydrogen (secondary N) is 1. The smallest absolute Gasteiger partial charge is 0.255 e. The topological polar surface area (TPSA) is 84.9 Å². The third-order valence-electron chi connectivity index (χ3n) is 5.21. The quantitative estimate of drug-likeness (QED) is 0.796. The fourth-order valence-corrected chi connectivity index (χ4v) is 4.69. The first-order valence-corrected chi connectivity index (χ1v) is 11.2. The van der Waals surface area contributed by atoms with Gasteiger partial charge in [0, 0.05) is 6.54 Å². The summed E-state index contributed by atoms with van der Waals surface area (Å²) < 4.78 is 37.7. The number of carbonyl (C=O) groups is 1. The fourth-order valence-electron chi connectivity index (χ4n) is 3.73. The Morgan fingerprint density at radius 3 is 2.66 bits per heavy atom. The van der Waals surface area contributed by atoms with E-state index in [1.54, 1.807) is 4.90 Å². The highest BCUT2D eigenvalue weighted by Gasteiger charge is 2.33. The van der Waals surface area contributed by atoms with Crippen LogP contribution in [0.15, 0.2) is 41.3 Å². The Balaban J connectivity index is 1.66. The van der Waals surface area contributed by atoms with Gasteiger partial charge in [-0.15, -0.1) is 0 Å². The van der Waals surface area contributed by atoms with Gasteiger partial charge in [0.15, 0.2) is 11.5 Å². The van der Waals surface area contributed by atoms with Gasteiger partial charge in [-0.1, -0.05) is 17.7 Å². The summed E-state index contributed by atoms with van der Waals surface area (Å²) in [6.45, 7) is 1.58. The zero-order valence-corrected chi connectivity index (χ0v) is 17.4. The van der Waals surface area contributed by atoms with Crippen molar-refractivity contribution in [2.24, 2.45) is 0 Å². The van der Waals surface area contributed by atoms with Crippen LogP contribution in [0.4, 0.5) is 0 Å². The van der Waals surface area contributed by atoms with Crippen molar-refractivity contribution in [1.29, 1.82) is 0 Å². The van der Waals surface area contributed by atoms with E-state index < -0.39 is 10.0 Å². The molecule has 7 nitrogen and oxygen atoms in total. The Bertz CT molecular complexity index is 1060. The lowest BCUT2D eigenvalue weighted by atomic mass is 10.0. The fraction of sp³-hybridized carbons (Fsp3) is 0.350. The highest BCUT2D eigenvalue weighted by Crippen LogP contribution is 2.39. The summed E-state index contributed by atoms with van der Waals surface area (Å²) in [5.74, 6) is 1.08. The standard InChI is InChI=1S/C20H21ClN2O5S/c1-22-29(25,26)14-5-6-16(21)15(12-14)20(24)23-8-2-3-17(23)13-4-7-18-19(11-13)28-10-9-27-18/h4-7,11-12,17,22H,2-3,8-10H2,1H3. The third kappa shape index (κ3) is 3.80. The number of fused-ring (bicyclic) bond motifs is 1. The van der Waals surface area contributed by atoms with E-state index in [1.165, 1.54) is 25.2 Å². The Labute approximate surface area is 174 Å². The molecule has 1 atom stereocenters. The summed E-state index contributed by atoms with van der Waals surface area (Å²) in [5, 5.41) is 0.220. The molecule has 2 aromatic rings. The molecule has 2 aliphatic rings. The first kappa shape index (κ1) is 20.0. The molecule has 1 fully saturated rings. The van der Waals surface area contributed by atoms with Crippen LogP contribution in [-0.2, 0) is 10.0 Å². The lowest BCUT2D eigenvalue weighted by molar-refractivity contribution is 0.0735. The van der Waals surface area contributed by atoms with Crippen LogP contribution in [-0.4, -0.2) is 46.0 Å². The molecular formula is C20H21ClN2O5S. The number of sulfonamides is 1. The van der Waals surface area contributed by atoms with Crippen LogP contribution in [0, 0.1) is 0 Å². The van der Waals surface area contributed by atoms with Crippen LogP contribution in [0.25, 0.3) is 0 Å². The summed E-state index contributed by atoms with van der Waals surface area (Å²) in [5.41, 5.74) is 1.13. The summed E-state index contributed by atoms with van der Waals surface area (Å²) in [4.78, 5) is 15.0. The number of hydrogen-bond donors (Lipinski definition) is 1. The number of benzene rings is 2. The van der Waals surface area contributed by atoms with Crippen molar-refractivity contribution in [2.45, 2.75) is 23.8 Å². The molecule has 2 aromatic carbocycles. The van der Waals surface area contributed by atoms with Gasteiger partial charge in [0.05, 0.1) is 21.5 Å². The average molecular weight is 437 g/mol. The number of carbonyl (C=O) groups excluding carboxylic acids is 1. The number of likely N-dealkylation sites (tertiary alicyclic amines) is 1. The molecule has 0 saturated carbocycles. The number of ether oxygens (including phenoxy) is 2. The van der Waals surface area contributed by atoms with E-state index in [0.29, 0.717) is 31.3 Å². The summed E-state index contributed by atoms with van der Waals surface area (Å²) in [7, 11) is -2.36. The minimum atomic E-state index is -3.68. The van der Waals surface area contributed by atoms with Crippen molar-refractivity contribution in [3.8, 4) is 11.5 Å². The average Bonchev–Trinajstić information content (AvgIpc) is 3.23. The lowest BCUT2D eigenvalue weighted by Crippen LogP contribution is -2.31. The first-order chi connectivity index (χ1) is 13.9. The molecular weight excluding hydrogens is 416 g/mol. The molecule has 1 saturated heterocycles. The normalized spacial score (nSPS) is 18.7. The molecule has 9 heteroatoms. The molecule has 0 bridgehead atoms. The van der Waals surface area contributed by atoms with Crippen molar-refractivity contribution in [3.05, 3.63) is 52.5 Å². The monoisotopic (exact) mass is 436 g/mol. The van der Waals surface area contributed by atoms with Gasteiger partial charge in [-0.3, -0.25) is 4.79 Å². The van der Waals surface area contributed by atoms with Gasteiger partial charge in [-0.2, -0.15) is 0 Å². The second-order valence-electron chi connectivity index (χ2n) is 6.91. The van der Waals surface area contributed by atoms with Gasteiger partial charge in [0.1, 0.15) is 13.2 Å². The molecule has 4 rings (SSSR count). The van der Waals surface area contributed by atoms with Gasteiger partial charge >= 0.3 is 0 Å². The molecule has 1 amide bonds. The lowest BCUT2D eigenvalue weighted by Gasteiger charge is -2.27. The molecule has 0 radical (unpaired) electrons. The van der Waals surface area contributed by atoms with Crippen LogP contribution in [0.1, 0.15) is 34.8 Å². The minimum absolute atomic E-state index is 0.00262. The van der Waals surface area contributed by atoms with Crippen LogP contribution in [0.5, 0.6) is 11.5 Å². The predicted octanol–water partition coefficient (Wildman–Crippen LogP) is 3.00. The van der Waals surface area contributed by atoms with Crippen LogP contribution < -0.4 is 14.2 Å². The van der Waals surface area contributed by atoms with Crippen molar-refractivity contribution in [1.82, 2.24) is 9.62 Å². The van der Waals surface area contributed by atoms with Gasteiger partial charge in [-0.25, -0.2) is 13.1 Å². The Hall–Kier alpha value is -2.29. The van der Waals surface area contributed by atoms with Crippen molar-refractivity contribution < 1.29 is 22.7 Å². The minimum Gasteiger partial charge on any atom is -0.486 e.